The molecule has 1 saturated heterocycles. The highest BCUT2D eigenvalue weighted by Crippen LogP contribution is 2.17. The zero-order valence-electron chi connectivity index (χ0n) is 7.90. The molecule has 0 aliphatic carbocycles. The van der Waals surface area contributed by atoms with E-state index in [1.165, 1.54) is 5.69 Å². The van der Waals surface area contributed by atoms with E-state index in [2.05, 4.69) is 21.9 Å². The molecule has 1 unspecified atom stereocenters. The Morgan fingerprint density at radius 1 is 1.77 bits per heavy atom. The number of hydrogen-bond donors (Lipinski definition) is 2. The van der Waals surface area contributed by atoms with E-state index in [1.807, 2.05) is 6.20 Å². The number of H-pyrrole nitrogens is 1. The predicted octanol–water partition coefficient (Wildman–Crippen LogP) is -0.0164. The molecular weight excluding hydrogens is 164 g/mol. The molecule has 1 aromatic rings. The summed E-state index contributed by atoms with van der Waals surface area (Å²) in [5.74, 6) is 0. The van der Waals surface area contributed by atoms with Gasteiger partial charge in [0.2, 0.25) is 0 Å². The number of likely N-dealkylation sites (N-methyl/N-ethyl adjacent to an activating group) is 1. The van der Waals surface area contributed by atoms with Crippen LogP contribution >= 0.6 is 0 Å². The van der Waals surface area contributed by atoms with Gasteiger partial charge in [0.05, 0.1) is 6.33 Å². The Morgan fingerprint density at radius 2 is 2.62 bits per heavy atom. The van der Waals surface area contributed by atoms with Gasteiger partial charge in [-0.05, 0) is 20.0 Å². The number of nitrogens with two attached hydrogens (primary N) is 1. The van der Waals surface area contributed by atoms with Crippen molar-refractivity contribution in [3.63, 3.8) is 0 Å². The molecule has 1 aromatic heterocycles. The van der Waals surface area contributed by atoms with Gasteiger partial charge in [-0.3, -0.25) is 0 Å². The van der Waals surface area contributed by atoms with Gasteiger partial charge in [0.15, 0.2) is 0 Å². The van der Waals surface area contributed by atoms with Crippen LogP contribution < -0.4 is 5.73 Å². The van der Waals surface area contributed by atoms with Crippen molar-refractivity contribution in [1.82, 2.24) is 14.9 Å². The molecule has 0 saturated carbocycles. The Hall–Kier alpha value is -0.870. The molecule has 0 amide bonds. The van der Waals surface area contributed by atoms with Crippen LogP contribution in [-0.4, -0.2) is 40.5 Å². The van der Waals surface area contributed by atoms with Gasteiger partial charge in [-0.25, -0.2) is 4.98 Å². The zero-order valence-corrected chi connectivity index (χ0v) is 7.90. The van der Waals surface area contributed by atoms with Crippen molar-refractivity contribution in [1.29, 1.82) is 0 Å². The first kappa shape index (κ1) is 8.72. The average Bonchev–Trinajstić information content (AvgIpc) is 2.70. The van der Waals surface area contributed by atoms with Crippen LogP contribution in [0.25, 0.3) is 0 Å². The molecular formula is C9H16N4. The summed E-state index contributed by atoms with van der Waals surface area (Å²) in [5, 5.41) is 0. The van der Waals surface area contributed by atoms with Gasteiger partial charge in [0.25, 0.3) is 0 Å². The van der Waals surface area contributed by atoms with E-state index in [0.29, 0.717) is 12.1 Å². The lowest BCUT2D eigenvalue weighted by Crippen LogP contribution is -2.39. The predicted molar refractivity (Wildman–Crippen MR) is 51.3 cm³/mol. The largest absolute Gasteiger partial charge is 0.348 e. The van der Waals surface area contributed by atoms with Gasteiger partial charge < -0.3 is 15.6 Å². The van der Waals surface area contributed by atoms with Crippen molar-refractivity contribution in [2.45, 2.75) is 24.9 Å². The third-order valence-corrected chi connectivity index (χ3v) is 2.86. The molecule has 0 spiro atoms. The van der Waals surface area contributed by atoms with Crippen molar-refractivity contribution in [2.24, 2.45) is 5.73 Å². The van der Waals surface area contributed by atoms with Crippen LogP contribution in [0.4, 0.5) is 0 Å². The zero-order chi connectivity index (χ0) is 9.26. The minimum atomic E-state index is 0.313. The number of nitrogens with one attached hydrogen (secondary N) is 1. The smallest absolute Gasteiger partial charge is 0.0921 e. The maximum atomic E-state index is 6.01. The molecule has 1 aliphatic heterocycles. The van der Waals surface area contributed by atoms with Gasteiger partial charge >= 0.3 is 0 Å². The number of rotatable bonds is 2. The molecule has 0 radical (unpaired) electrons. The Bertz CT molecular complexity index is 247. The van der Waals surface area contributed by atoms with Gasteiger partial charge in [-0.1, -0.05) is 0 Å². The van der Waals surface area contributed by atoms with Crippen LogP contribution in [0.1, 0.15) is 12.1 Å². The second-order valence-corrected chi connectivity index (χ2v) is 3.78. The highest BCUT2D eigenvalue weighted by atomic mass is 15.2. The third kappa shape index (κ3) is 1.73. The molecule has 2 heterocycles. The van der Waals surface area contributed by atoms with E-state index in [9.17, 15) is 0 Å². The van der Waals surface area contributed by atoms with Crippen molar-refractivity contribution < 1.29 is 0 Å². The van der Waals surface area contributed by atoms with Crippen LogP contribution in [0.15, 0.2) is 12.5 Å². The molecule has 3 N–H and O–H groups in total. The Kier molecular flexibility index (Phi) is 2.33. The van der Waals surface area contributed by atoms with Crippen molar-refractivity contribution in [2.75, 3.05) is 13.6 Å². The van der Waals surface area contributed by atoms with Gasteiger partial charge in [0, 0.05) is 30.4 Å². The summed E-state index contributed by atoms with van der Waals surface area (Å²) in [6, 6.07) is 0.786. The molecule has 13 heavy (non-hydrogen) atoms. The monoisotopic (exact) mass is 180 g/mol. The summed E-state index contributed by atoms with van der Waals surface area (Å²) in [4.78, 5) is 9.44. The van der Waals surface area contributed by atoms with Crippen molar-refractivity contribution in [3.8, 4) is 0 Å². The normalized spacial score (nSPS) is 29.7. The van der Waals surface area contributed by atoms with Gasteiger partial charge in [-0.2, -0.15) is 0 Å². The number of nitrogens with zero attached hydrogens (tertiary/aromatic N) is 2. The molecule has 4 nitrogen and oxygen atoms in total. The molecule has 72 valence electrons. The summed E-state index contributed by atoms with van der Waals surface area (Å²) in [6.45, 7) is 1.11. The minimum absolute atomic E-state index is 0.313. The fraction of sp³-hybridized carbons (Fsp3) is 0.667. The number of aromatic amines is 1. The highest BCUT2D eigenvalue weighted by molar-refractivity contribution is 5.02. The van der Waals surface area contributed by atoms with E-state index in [1.54, 1.807) is 6.33 Å². The lowest BCUT2D eigenvalue weighted by molar-refractivity contribution is 0.294. The summed E-state index contributed by atoms with van der Waals surface area (Å²) in [5.41, 5.74) is 7.19. The van der Waals surface area contributed by atoms with E-state index >= 15 is 0 Å². The number of aromatic nitrogens is 2. The maximum Gasteiger partial charge on any atom is 0.0921 e. The molecule has 0 bridgehead atoms. The van der Waals surface area contributed by atoms with Gasteiger partial charge in [0.1, 0.15) is 0 Å². The standard InChI is InChI=1S/C9H16N4/c1-13-3-2-8(10)9(13)4-7-5-11-6-12-7/h5-6,8-9H,2-4,10H2,1H3,(H,11,12)/t8?,9-/m0/s1. The highest BCUT2D eigenvalue weighted by Gasteiger charge is 2.28. The quantitative estimate of drug-likeness (QED) is 0.672. The summed E-state index contributed by atoms with van der Waals surface area (Å²) in [6.07, 6.45) is 5.68. The lowest BCUT2D eigenvalue weighted by Gasteiger charge is -2.21. The molecule has 2 rings (SSSR count). The van der Waals surface area contributed by atoms with Gasteiger partial charge in [-0.15, -0.1) is 0 Å². The SMILES string of the molecule is CN1CCC(N)[C@@H]1Cc1cnc[nH]1. The molecule has 1 fully saturated rings. The van der Waals surface area contributed by atoms with E-state index in [-0.39, 0.29) is 0 Å². The maximum absolute atomic E-state index is 6.01. The van der Waals surface area contributed by atoms with E-state index < -0.39 is 0 Å². The first-order valence-electron chi connectivity index (χ1n) is 4.70. The number of hydrogen-bond acceptors (Lipinski definition) is 3. The molecule has 4 heteroatoms. The lowest BCUT2D eigenvalue weighted by atomic mass is 10.1. The summed E-state index contributed by atoms with van der Waals surface area (Å²) < 4.78 is 0. The van der Waals surface area contributed by atoms with Crippen LogP contribution in [0.2, 0.25) is 0 Å². The van der Waals surface area contributed by atoms with Crippen molar-refractivity contribution in [3.05, 3.63) is 18.2 Å². The summed E-state index contributed by atoms with van der Waals surface area (Å²) in [7, 11) is 2.13. The Balaban J connectivity index is 2.01. The first-order valence-corrected chi connectivity index (χ1v) is 4.70. The van der Waals surface area contributed by atoms with Crippen molar-refractivity contribution >= 4 is 0 Å². The second kappa shape index (κ2) is 3.47. The van der Waals surface area contributed by atoms with E-state index in [0.717, 1.165) is 19.4 Å². The molecule has 2 atom stereocenters. The number of imidazole rings is 1. The third-order valence-electron chi connectivity index (χ3n) is 2.86. The Morgan fingerprint density at radius 3 is 3.15 bits per heavy atom. The van der Waals surface area contributed by atoms with Crippen LogP contribution in [0, 0.1) is 0 Å². The first-order chi connectivity index (χ1) is 6.27. The fourth-order valence-electron chi connectivity index (χ4n) is 1.97. The number of likely N-dealkylation sites (tertiary alicyclic amines) is 1. The fourth-order valence-corrected chi connectivity index (χ4v) is 1.97. The Labute approximate surface area is 78.1 Å². The summed E-state index contributed by atoms with van der Waals surface area (Å²) >= 11 is 0. The average molecular weight is 180 g/mol. The molecule has 0 aromatic carbocycles. The topological polar surface area (TPSA) is 57.9 Å². The van der Waals surface area contributed by atoms with E-state index in [4.69, 9.17) is 5.73 Å². The van der Waals surface area contributed by atoms with Crippen LogP contribution in [0.3, 0.4) is 0 Å². The van der Waals surface area contributed by atoms with Crippen LogP contribution in [-0.2, 0) is 6.42 Å². The van der Waals surface area contributed by atoms with Crippen LogP contribution in [0.5, 0.6) is 0 Å². The second-order valence-electron chi connectivity index (χ2n) is 3.78. The minimum Gasteiger partial charge on any atom is -0.348 e. The molecule has 1 aliphatic rings.